The Hall–Kier alpha value is -1.91. The fourth-order valence-electron chi connectivity index (χ4n) is 1.78. The van der Waals surface area contributed by atoms with Crippen LogP contribution >= 0.6 is 0 Å². The summed E-state index contributed by atoms with van der Waals surface area (Å²) in [7, 11) is 0. The molecule has 84 valence electrons. The summed E-state index contributed by atoms with van der Waals surface area (Å²) >= 11 is 0. The molecular weight excluding hydrogens is 210 g/mol. The second kappa shape index (κ2) is 3.92. The molecule has 0 unspecified atom stereocenters. The van der Waals surface area contributed by atoms with E-state index in [1.807, 2.05) is 0 Å². The van der Waals surface area contributed by atoms with Gasteiger partial charge in [-0.15, -0.1) is 0 Å². The molecule has 1 fully saturated rings. The maximum absolute atomic E-state index is 10.8. The number of hydrogen-bond donors (Lipinski definition) is 1. The highest BCUT2D eigenvalue weighted by Gasteiger charge is 2.30. The zero-order valence-corrected chi connectivity index (χ0v) is 8.55. The van der Waals surface area contributed by atoms with Crippen LogP contribution in [0.5, 0.6) is 0 Å². The molecule has 1 aromatic rings. The topological polar surface area (TPSA) is 80.4 Å². The smallest absolute Gasteiger partial charge is 0.307 e. The van der Waals surface area contributed by atoms with Crippen molar-refractivity contribution in [2.24, 2.45) is 0 Å². The van der Waals surface area contributed by atoms with Gasteiger partial charge in [0.25, 0.3) is 5.69 Å². The summed E-state index contributed by atoms with van der Waals surface area (Å²) < 4.78 is 0. The number of nitro groups is 1. The lowest BCUT2D eigenvalue weighted by Gasteiger charge is -2.03. The highest BCUT2D eigenvalue weighted by molar-refractivity contribution is 5.70. The minimum absolute atomic E-state index is 0.0856. The standard InChI is InChI=1S/C11H11NO4/c13-11(14)6-7-1-4-10(12(15)16)9(5-7)8-2-3-8/h1,4-5,8H,2-3,6H2,(H,13,14). The van der Waals surface area contributed by atoms with Gasteiger partial charge in [0.2, 0.25) is 0 Å². The quantitative estimate of drug-likeness (QED) is 0.623. The van der Waals surface area contributed by atoms with Gasteiger partial charge < -0.3 is 5.11 Å². The Bertz CT molecular complexity index is 451. The van der Waals surface area contributed by atoms with E-state index in [9.17, 15) is 14.9 Å². The maximum Gasteiger partial charge on any atom is 0.307 e. The molecule has 5 nitrogen and oxygen atoms in total. The molecule has 1 aliphatic carbocycles. The van der Waals surface area contributed by atoms with Crippen LogP contribution in [0, 0.1) is 10.1 Å². The molecule has 0 saturated heterocycles. The highest BCUT2D eigenvalue weighted by atomic mass is 16.6. The largest absolute Gasteiger partial charge is 0.481 e. The second-order valence-corrected chi connectivity index (χ2v) is 4.00. The Morgan fingerprint density at radius 3 is 2.69 bits per heavy atom. The van der Waals surface area contributed by atoms with E-state index in [0.717, 1.165) is 12.8 Å². The summed E-state index contributed by atoms with van der Waals surface area (Å²) in [6, 6.07) is 4.58. The zero-order chi connectivity index (χ0) is 11.7. The van der Waals surface area contributed by atoms with Crippen molar-refractivity contribution in [3.63, 3.8) is 0 Å². The lowest BCUT2D eigenvalue weighted by Crippen LogP contribution is -2.02. The Morgan fingerprint density at radius 2 is 2.19 bits per heavy atom. The van der Waals surface area contributed by atoms with Gasteiger partial charge in [-0.2, -0.15) is 0 Å². The number of hydrogen-bond acceptors (Lipinski definition) is 3. The van der Waals surface area contributed by atoms with Gasteiger partial charge >= 0.3 is 5.97 Å². The Balaban J connectivity index is 2.35. The SMILES string of the molecule is O=C(O)Cc1ccc([N+](=O)[O-])c(C2CC2)c1. The molecule has 1 saturated carbocycles. The number of nitrogens with zero attached hydrogens (tertiary/aromatic N) is 1. The van der Waals surface area contributed by atoms with Crippen molar-refractivity contribution in [1.82, 2.24) is 0 Å². The predicted molar refractivity (Wildman–Crippen MR) is 56.4 cm³/mol. The van der Waals surface area contributed by atoms with Gasteiger partial charge in [-0.25, -0.2) is 0 Å². The molecule has 5 heteroatoms. The first kappa shape index (κ1) is 10.6. The normalized spacial score (nSPS) is 14.8. The number of carboxylic acids is 1. The van der Waals surface area contributed by atoms with Crippen molar-refractivity contribution in [2.45, 2.75) is 25.2 Å². The molecule has 16 heavy (non-hydrogen) atoms. The minimum atomic E-state index is -0.921. The molecule has 0 radical (unpaired) electrons. The van der Waals surface area contributed by atoms with E-state index < -0.39 is 10.9 Å². The van der Waals surface area contributed by atoms with Crippen LogP contribution in [0.25, 0.3) is 0 Å². The van der Waals surface area contributed by atoms with Crippen LogP contribution in [-0.4, -0.2) is 16.0 Å². The first-order chi connectivity index (χ1) is 7.58. The Labute approximate surface area is 91.9 Å². The van der Waals surface area contributed by atoms with Gasteiger partial charge in [0.15, 0.2) is 0 Å². The molecule has 0 amide bonds. The van der Waals surface area contributed by atoms with Crippen LogP contribution < -0.4 is 0 Å². The van der Waals surface area contributed by atoms with Gasteiger partial charge in [-0.05, 0) is 30.4 Å². The molecule has 1 aromatic carbocycles. The molecule has 0 bridgehead atoms. The summed E-state index contributed by atoms with van der Waals surface area (Å²) in [4.78, 5) is 20.9. The molecule has 0 heterocycles. The summed E-state index contributed by atoms with van der Waals surface area (Å²) in [6.07, 6.45) is 1.83. The second-order valence-electron chi connectivity index (χ2n) is 4.00. The van der Waals surface area contributed by atoms with Crippen LogP contribution in [0.2, 0.25) is 0 Å². The van der Waals surface area contributed by atoms with E-state index in [1.54, 1.807) is 6.07 Å². The fourth-order valence-corrected chi connectivity index (χ4v) is 1.78. The number of aliphatic carboxylic acids is 1. The molecule has 1 aliphatic rings. The van der Waals surface area contributed by atoms with E-state index in [1.165, 1.54) is 12.1 Å². The molecule has 0 atom stereocenters. The van der Waals surface area contributed by atoms with E-state index in [2.05, 4.69) is 0 Å². The monoisotopic (exact) mass is 221 g/mol. The van der Waals surface area contributed by atoms with Crippen molar-refractivity contribution < 1.29 is 14.8 Å². The van der Waals surface area contributed by atoms with E-state index in [4.69, 9.17) is 5.11 Å². The maximum atomic E-state index is 10.8. The molecular formula is C11H11NO4. The first-order valence-corrected chi connectivity index (χ1v) is 5.07. The van der Waals surface area contributed by atoms with Crippen LogP contribution in [0.15, 0.2) is 18.2 Å². The average molecular weight is 221 g/mol. The highest BCUT2D eigenvalue weighted by Crippen LogP contribution is 2.44. The predicted octanol–water partition coefficient (Wildman–Crippen LogP) is 2.10. The van der Waals surface area contributed by atoms with E-state index >= 15 is 0 Å². The van der Waals surface area contributed by atoms with Crippen molar-refractivity contribution in [3.05, 3.63) is 39.4 Å². The number of rotatable bonds is 4. The number of carboxylic acid groups (broad SMARTS) is 1. The Morgan fingerprint density at radius 1 is 1.50 bits per heavy atom. The lowest BCUT2D eigenvalue weighted by atomic mass is 10.0. The van der Waals surface area contributed by atoms with Gasteiger partial charge in [0.05, 0.1) is 11.3 Å². The van der Waals surface area contributed by atoms with E-state index in [-0.39, 0.29) is 18.0 Å². The van der Waals surface area contributed by atoms with Crippen molar-refractivity contribution in [1.29, 1.82) is 0 Å². The van der Waals surface area contributed by atoms with Crippen LogP contribution in [0.3, 0.4) is 0 Å². The zero-order valence-electron chi connectivity index (χ0n) is 8.55. The van der Waals surface area contributed by atoms with Crippen LogP contribution in [-0.2, 0) is 11.2 Å². The van der Waals surface area contributed by atoms with Gasteiger partial charge in [0, 0.05) is 11.6 Å². The van der Waals surface area contributed by atoms with Crippen molar-refractivity contribution >= 4 is 11.7 Å². The third kappa shape index (κ3) is 2.18. The summed E-state index contributed by atoms with van der Waals surface area (Å²) in [5.74, 6) is -0.676. The van der Waals surface area contributed by atoms with Gasteiger partial charge in [-0.1, -0.05) is 6.07 Å². The summed E-state index contributed by atoms with van der Waals surface area (Å²) in [6.45, 7) is 0. The molecule has 0 aromatic heterocycles. The first-order valence-electron chi connectivity index (χ1n) is 5.07. The average Bonchev–Trinajstić information content (AvgIpc) is 2.99. The number of nitro benzene ring substituents is 1. The van der Waals surface area contributed by atoms with Crippen molar-refractivity contribution in [2.75, 3.05) is 0 Å². The molecule has 1 N–H and O–H groups in total. The molecule has 0 spiro atoms. The fraction of sp³-hybridized carbons (Fsp3) is 0.364. The van der Waals surface area contributed by atoms with E-state index in [0.29, 0.717) is 11.1 Å². The third-order valence-corrected chi connectivity index (χ3v) is 2.66. The van der Waals surface area contributed by atoms with Crippen molar-refractivity contribution in [3.8, 4) is 0 Å². The summed E-state index contributed by atoms with van der Waals surface area (Å²) in [5.41, 5.74) is 1.42. The molecule has 2 rings (SSSR count). The lowest BCUT2D eigenvalue weighted by molar-refractivity contribution is -0.385. The van der Waals surface area contributed by atoms with Crippen LogP contribution in [0.1, 0.15) is 29.9 Å². The van der Waals surface area contributed by atoms with Gasteiger partial charge in [0.1, 0.15) is 0 Å². The summed E-state index contributed by atoms with van der Waals surface area (Å²) in [5, 5.41) is 19.4. The minimum Gasteiger partial charge on any atom is -0.481 e. The molecule has 0 aliphatic heterocycles. The third-order valence-electron chi connectivity index (χ3n) is 2.66. The number of benzene rings is 1. The van der Waals surface area contributed by atoms with Crippen LogP contribution in [0.4, 0.5) is 5.69 Å². The van der Waals surface area contributed by atoms with Gasteiger partial charge in [-0.3, -0.25) is 14.9 Å². The Kier molecular flexibility index (Phi) is 2.60. The number of carbonyl (C=O) groups is 1.